The number of carbonyl (C=O) groups excluding carboxylic acids is 2. The number of amides is 2. The van der Waals surface area contributed by atoms with E-state index in [0.717, 1.165) is 0 Å². The monoisotopic (exact) mass is 264 g/mol. The predicted molar refractivity (Wildman–Crippen MR) is 68.4 cm³/mol. The molecule has 1 aliphatic rings. The fraction of sp³-hybridized carbons (Fsp3) is 0.429. The highest BCUT2D eigenvalue weighted by Crippen LogP contribution is 2.21. The summed E-state index contributed by atoms with van der Waals surface area (Å²) >= 11 is 0. The predicted octanol–water partition coefficient (Wildman–Crippen LogP) is 1.61. The minimum atomic E-state index is -0.484. The Labute approximate surface area is 111 Å². The average molecular weight is 264 g/mol. The van der Waals surface area contributed by atoms with E-state index in [2.05, 4.69) is 0 Å². The number of carbonyl (C=O) groups is 2. The summed E-state index contributed by atoms with van der Waals surface area (Å²) in [5.41, 5.74) is 6.68. The second-order valence-corrected chi connectivity index (χ2v) is 5.07. The van der Waals surface area contributed by atoms with E-state index in [4.69, 9.17) is 5.73 Å². The molecule has 0 saturated carbocycles. The lowest BCUT2D eigenvalue weighted by Crippen LogP contribution is -2.45. The van der Waals surface area contributed by atoms with Crippen LogP contribution >= 0.6 is 0 Å². The van der Waals surface area contributed by atoms with Crippen molar-refractivity contribution in [1.82, 2.24) is 4.90 Å². The topological polar surface area (TPSA) is 63.4 Å². The highest BCUT2D eigenvalue weighted by Gasteiger charge is 2.31. The Bertz CT molecular complexity index is 469. The zero-order valence-electron chi connectivity index (χ0n) is 10.8. The van der Waals surface area contributed by atoms with Gasteiger partial charge in [0.25, 0.3) is 0 Å². The van der Waals surface area contributed by atoms with E-state index >= 15 is 0 Å². The third-order valence-corrected chi connectivity index (χ3v) is 3.33. The van der Waals surface area contributed by atoms with Crippen molar-refractivity contribution < 1.29 is 14.0 Å². The largest absolute Gasteiger partial charge is 0.322 e. The van der Waals surface area contributed by atoms with E-state index in [9.17, 15) is 14.0 Å². The maximum atomic E-state index is 12.8. The number of nitrogens with two attached hydrogens (primary N) is 1. The van der Waals surface area contributed by atoms with Crippen molar-refractivity contribution in [3.63, 3.8) is 0 Å². The molecule has 2 N–H and O–H groups in total. The molecule has 1 atom stereocenters. The summed E-state index contributed by atoms with van der Waals surface area (Å²) in [6, 6.07) is 5.29. The number of rotatable bonds is 3. The Morgan fingerprint density at radius 2 is 1.79 bits per heavy atom. The van der Waals surface area contributed by atoms with Crippen molar-refractivity contribution in [3.05, 3.63) is 35.6 Å². The van der Waals surface area contributed by atoms with Crippen LogP contribution in [0.2, 0.25) is 0 Å². The second-order valence-electron chi connectivity index (χ2n) is 5.07. The number of hydrogen-bond acceptors (Lipinski definition) is 3. The maximum absolute atomic E-state index is 12.8. The summed E-state index contributed by atoms with van der Waals surface area (Å²) in [6.07, 6.45) is 0.754. The average Bonchev–Trinajstić information content (AvgIpc) is 2.34. The summed E-state index contributed by atoms with van der Waals surface area (Å²) in [7, 11) is 0. The smallest absolute Gasteiger partial charge is 0.229 e. The Morgan fingerprint density at radius 3 is 2.32 bits per heavy atom. The number of likely N-dealkylation sites (tertiary alicyclic amines) is 1. The maximum Gasteiger partial charge on any atom is 0.229 e. The molecule has 1 saturated heterocycles. The van der Waals surface area contributed by atoms with Gasteiger partial charge >= 0.3 is 0 Å². The summed E-state index contributed by atoms with van der Waals surface area (Å²) < 4.78 is 12.8. The molecule has 1 fully saturated rings. The van der Waals surface area contributed by atoms with Gasteiger partial charge < -0.3 is 5.73 Å². The zero-order valence-corrected chi connectivity index (χ0v) is 10.8. The van der Waals surface area contributed by atoms with Crippen molar-refractivity contribution in [3.8, 4) is 0 Å². The Balaban J connectivity index is 2.06. The van der Waals surface area contributed by atoms with E-state index in [1.807, 2.05) is 6.92 Å². The third kappa shape index (κ3) is 3.17. The van der Waals surface area contributed by atoms with Gasteiger partial charge in [0.1, 0.15) is 5.82 Å². The summed E-state index contributed by atoms with van der Waals surface area (Å²) in [5.74, 6) is -0.601. The Hall–Kier alpha value is -1.75. The minimum Gasteiger partial charge on any atom is -0.322 e. The van der Waals surface area contributed by atoms with Gasteiger partial charge in [-0.2, -0.15) is 0 Å². The fourth-order valence-corrected chi connectivity index (χ4v) is 2.24. The van der Waals surface area contributed by atoms with Crippen LogP contribution in [0.25, 0.3) is 0 Å². The molecule has 0 spiro atoms. The summed E-state index contributed by atoms with van der Waals surface area (Å²) in [5, 5.41) is 0. The van der Waals surface area contributed by atoms with Gasteiger partial charge in [-0.3, -0.25) is 14.5 Å². The molecule has 1 aromatic carbocycles. The molecular weight excluding hydrogens is 247 g/mol. The molecule has 19 heavy (non-hydrogen) atoms. The molecule has 1 unspecified atom stereocenters. The Morgan fingerprint density at radius 1 is 1.26 bits per heavy atom. The number of halogens is 1. The van der Waals surface area contributed by atoms with Crippen molar-refractivity contribution in [2.75, 3.05) is 6.54 Å². The van der Waals surface area contributed by atoms with E-state index in [1.165, 1.54) is 17.0 Å². The van der Waals surface area contributed by atoms with E-state index < -0.39 is 6.04 Å². The first-order valence-corrected chi connectivity index (χ1v) is 6.31. The number of nitrogens with zero attached hydrogens (tertiary/aromatic N) is 1. The first-order valence-electron chi connectivity index (χ1n) is 6.31. The van der Waals surface area contributed by atoms with Crippen LogP contribution in [0.4, 0.5) is 4.39 Å². The molecule has 0 aromatic heterocycles. The van der Waals surface area contributed by atoms with Gasteiger partial charge in [0, 0.05) is 25.4 Å². The number of imide groups is 1. The summed E-state index contributed by atoms with van der Waals surface area (Å²) in [4.78, 5) is 24.9. The molecule has 1 heterocycles. The standard InChI is InChI=1S/C14H17FN2O2/c1-9-6-13(18)17(14(19)7-9)8-12(16)10-2-4-11(15)5-3-10/h2-5,9,12H,6-8,16H2,1H3. The first-order chi connectivity index (χ1) is 8.97. The summed E-state index contributed by atoms with van der Waals surface area (Å²) in [6.45, 7) is 2.03. The van der Waals surface area contributed by atoms with Gasteiger partial charge in [-0.1, -0.05) is 19.1 Å². The van der Waals surface area contributed by atoms with Crippen LogP contribution < -0.4 is 5.73 Å². The molecule has 4 nitrogen and oxygen atoms in total. The fourth-order valence-electron chi connectivity index (χ4n) is 2.24. The van der Waals surface area contributed by atoms with Crippen molar-refractivity contribution >= 4 is 11.8 Å². The van der Waals surface area contributed by atoms with Crippen molar-refractivity contribution in [2.45, 2.75) is 25.8 Å². The van der Waals surface area contributed by atoms with Crippen LogP contribution in [0, 0.1) is 11.7 Å². The van der Waals surface area contributed by atoms with Gasteiger partial charge in [-0.25, -0.2) is 4.39 Å². The SMILES string of the molecule is CC1CC(=O)N(CC(N)c2ccc(F)cc2)C(=O)C1. The molecule has 102 valence electrons. The molecule has 0 radical (unpaired) electrons. The lowest BCUT2D eigenvalue weighted by atomic mass is 9.96. The molecule has 1 aromatic rings. The molecule has 0 aliphatic carbocycles. The molecule has 2 amide bonds. The van der Waals surface area contributed by atoms with Gasteiger partial charge in [-0.05, 0) is 23.6 Å². The zero-order chi connectivity index (χ0) is 14.0. The second kappa shape index (κ2) is 5.48. The van der Waals surface area contributed by atoms with E-state index in [0.29, 0.717) is 18.4 Å². The van der Waals surface area contributed by atoms with Crippen molar-refractivity contribution in [1.29, 1.82) is 0 Å². The highest BCUT2D eigenvalue weighted by molar-refractivity contribution is 5.97. The van der Waals surface area contributed by atoms with Crippen LogP contribution in [0.15, 0.2) is 24.3 Å². The first kappa shape index (κ1) is 13.7. The number of benzene rings is 1. The van der Waals surface area contributed by atoms with Crippen LogP contribution in [-0.2, 0) is 9.59 Å². The molecule has 2 rings (SSSR count). The van der Waals surface area contributed by atoms with Crippen LogP contribution in [-0.4, -0.2) is 23.3 Å². The van der Waals surface area contributed by atoms with Crippen molar-refractivity contribution in [2.24, 2.45) is 11.7 Å². The molecule has 0 bridgehead atoms. The van der Waals surface area contributed by atoms with Gasteiger partial charge in [-0.15, -0.1) is 0 Å². The van der Waals surface area contributed by atoms with Crippen LogP contribution in [0.5, 0.6) is 0 Å². The normalized spacial score (nSPS) is 18.8. The van der Waals surface area contributed by atoms with Crippen LogP contribution in [0.3, 0.4) is 0 Å². The number of hydrogen-bond donors (Lipinski definition) is 1. The highest BCUT2D eigenvalue weighted by atomic mass is 19.1. The number of piperidine rings is 1. The molecular formula is C14H17FN2O2. The van der Waals surface area contributed by atoms with Gasteiger partial charge in [0.15, 0.2) is 0 Å². The van der Waals surface area contributed by atoms with Gasteiger partial charge in [0.05, 0.1) is 0 Å². The Kier molecular flexibility index (Phi) is 3.95. The van der Waals surface area contributed by atoms with E-state index in [-0.39, 0.29) is 30.1 Å². The quantitative estimate of drug-likeness (QED) is 0.844. The lowest BCUT2D eigenvalue weighted by molar-refractivity contribution is -0.150. The minimum absolute atomic E-state index is 0.0956. The molecule has 1 aliphatic heterocycles. The third-order valence-electron chi connectivity index (χ3n) is 3.33. The van der Waals surface area contributed by atoms with Gasteiger partial charge in [0.2, 0.25) is 11.8 Å². The molecule has 5 heteroatoms. The van der Waals surface area contributed by atoms with Crippen LogP contribution in [0.1, 0.15) is 31.4 Å². The van der Waals surface area contributed by atoms with E-state index in [1.54, 1.807) is 12.1 Å². The lowest BCUT2D eigenvalue weighted by Gasteiger charge is -2.30.